The van der Waals surface area contributed by atoms with E-state index in [1.807, 2.05) is 0 Å². The predicted molar refractivity (Wildman–Crippen MR) is 88.8 cm³/mol. The van der Waals surface area contributed by atoms with Crippen LogP contribution in [-0.2, 0) is 10.0 Å². The molecule has 0 bridgehead atoms. The fourth-order valence-electron chi connectivity index (χ4n) is 2.21. The van der Waals surface area contributed by atoms with Gasteiger partial charge in [0.25, 0.3) is 0 Å². The van der Waals surface area contributed by atoms with E-state index in [4.69, 9.17) is 5.14 Å². The molecule has 0 atom stereocenters. The summed E-state index contributed by atoms with van der Waals surface area (Å²) in [6.07, 6.45) is -0.355. The summed E-state index contributed by atoms with van der Waals surface area (Å²) in [4.78, 5) is 8.11. The molecule has 6 nitrogen and oxygen atoms in total. The number of hydrogen-bond acceptors (Lipinski definition) is 6. The van der Waals surface area contributed by atoms with Crippen molar-refractivity contribution in [2.24, 2.45) is 5.14 Å². The fraction of sp³-hybridized carbons (Fsp3) is 0.0667. The minimum atomic E-state index is -5.05. The summed E-state index contributed by atoms with van der Waals surface area (Å²) < 4.78 is 64.5. The van der Waals surface area contributed by atoms with E-state index in [1.165, 1.54) is 23.6 Å². The standard InChI is InChI=1S/C15H10F3N3O3S2/c16-15(17,18)24-12-2-1-9(4-14(12)26(19,22)23)10-3-11(6-20-5-10)13-7-21-8-25-13/h1-8H,(H2,19,22,23). The highest BCUT2D eigenvalue weighted by Gasteiger charge is 2.33. The largest absolute Gasteiger partial charge is 0.573 e. The average molecular weight is 401 g/mol. The third-order valence-corrected chi connectivity index (χ3v) is 5.02. The van der Waals surface area contributed by atoms with E-state index in [9.17, 15) is 21.6 Å². The Balaban J connectivity index is 2.08. The Labute approximate surface area is 150 Å². The maximum Gasteiger partial charge on any atom is 0.573 e. The summed E-state index contributed by atoms with van der Waals surface area (Å²) in [5, 5.41) is 5.03. The number of hydrogen-bond donors (Lipinski definition) is 1. The smallest absolute Gasteiger partial charge is 0.404 e. The number of benzene rings is 1. The summed E-state index contributed by atoms with van der Waals surface area (Å²) in [6.45, 7) is 0. The van der Waals surface area contributed by atoms with Crippen molar-refractivity contribution in [3.05, 3.63) is 48.4 Å². The van der Waals surface area contributed by atoms with Crippen molar-refractivity contribution >= 4 is 21.4 Å². The molecule has 11 heteroatoms. The van der Waals surface area contributed by atoms with Crippen molar-refractivity contribution in [3.63, 3.8) is 0 Å². The lowest BCUT2D eigenvalue weighted by Gasteiger charge is -2.13. The molecule has 0 saturated carbocycles. The molecule has 3 aromatic rings. The van der Waals surface area contributed by atoms with Crippen molar-refractivity contribution in [3.8, 4) is 27.3 Å². The molecule has 0 saturated heterocycles. The van der Waals surface area contributed by atoms with Gasteiger partial charge >= 0.3 is 6.36 Å². The summed E-state index contributed by atoms with van der Waals surface area (Å²) >= 11 is 1.38. The van der Waals surface area contributed by atoms with Crippen molar-refractivity contribution in [2.45, 2.75) is 11.3 Å². The van der Waals surface area contributed by atoms with Crippen LogP contribution in [-0.4, -0.2) is 24.7 Å². The lowest BCUT2D eigenvalue weighted by atomic mass is 10.1. The van der Waals surface area contributed by atoms with E-state index >= 15 is 0 Å². The van der Waals surface area contributed by atoms with Crippen LogP contribution in [0.25, 0.3) is 21.6 Å². The van der Waals surface area contributed by atoms with Gasteiger partial charge < -0.3 is 4.74 Å². The molecule has 26 heavy (non-hydrogen) atoms. The fourth-order valence-corrected chi connectivity index (χ4v) is 3.50. The molecule has 0 spiro atoms. The monoisotopic (exact) mass is 401 g/mol. The summed E-state index contributed by atoms with van der Waals surface area (Å²) in [6, 6.07) is 4.93. The number of ether oxygens (including phenoxy) is 1. The molecule has 0 unspecified atom stereocenters. The third-order valence-electron chi connectivity index (χ3n) is 3.26. The van der Waals surface area contributed by atoms with Gasteiger partial charge in [0, 0.05) is 29.7 Å². The van der Waals surface area contributed by atoms with Gasteiger partial charge in [0.05, 0.1) is 10.4 Å². The highest BCUT2D eigenvalue weighted by molar-refractivity contribution is 7.89. The maximum atomic E-state index is 12.5. The molecular weight excluding hydrogens is 391 g/mol. The van der Waals surface area contributed by atoms with E-state index in [2.05, 4.69) is 14.7 Å². The highest BCUT2D eigenvalue weighted by Crippen LogP contribution is 2.34. The molecule has 0 fully saturated rings. The predicted octanol–water partition coefficient (Wildman–Crippen LogP) is 3.42. The Morgan fingerprint density at radius 1 is 1.00 bits per heavy atom. The van der Waals surface area contributed by atoms with Crippen LogP contribution >= 0.6 is 11.3 Å². The zero-order valence-corrected chi connectivity index (χ0v) is 14.4. The zero-order valence-electron chi connectivity index (χ0n) is 12.8. The Morgan fingerprint density at radius 3 is 2.35 bits per heavy atom. The number of nitrogens with zero attached hydrogens (tertiary/aromatic N) is 2. The molecule has 0 aliphatic carbocycles. The van der Waals surface area contributed by atoms with Gasteiger partial charge in [-0.2, -0.15) is 0 Å². The summed E-state index contributed by atoms with van der Waals surface area (Å²) in [7, 11) is -4.44. The molecule has 2 heterocycles. The van der Waals surface area contributed by atoms with Crippen molar-refractivity contribution < 1.29 is 26.3 Å². The maximum absolute atomic E-state index is 12.5. The van der Waals surface area contributed by atoms with E-state index < -0.39 is 27.0 Å². The van der Waals surface area contributed by atoms with Gasteiger partial charge in [0.1, 0.15) is 10.6 Å². The van der Waals surface area contributed by atoms with Gasteiger partial charge in [0.2, 0.25) is 10.0 Å². The van der Waals surface area contributed by atoms with Crippen LogP contribution in [0, 0.1) is 0 Å². The second-order valence-corrected chi connectivity index (χ2v) is 7.50. The normalized spacial score (nSPS) is 12.2. The van der Waals surface area contributed by atoms with Crippen molar-refractivity contribution in [1.29, 1.82) is 0 Å². The van der Waals surface area contributed by atoms with Crippen LogP contribution in [0.4, 0.5) is 13.2 Å². The van der Waals surface area contributed by atoms with Gasteiger partial charge in [-0.05, 0) is 23.8 Å². The minimum absolute atomic E-state index is 0.322. The second kappa shape index (κ2) is 6.67. The van der Waals surface area contributed by atoms with Crippen LogP contribution in [0.3, 0.4) is 0 Å². The first-order chi connectivity index (χ1) is 12.1. The van der Waals surface area contributed by atoms with Gasteiger partial charge in [-0.25, -0.2) is 13.6 Å². The van der Waals surface area contributed by atoms with Crippen LogP contribution < -0.4 is 9.88 Å². The first kappa shape index (κ1) is 18.3. The number of pyridine rings is 1. The average Bonchev–Trinajstić information content (AvgIpc) is 3.07. The van der Waals surface area contributed by atoms with Crippen LogP contribution in [0.2, 0.25) is 0 Å². The molecule has 0 aliphatic heterocycles. The minimum Gasteiger partial charge on any atom is -0.404 e. The molecule has 136 valence electrons. The molecule has 0 amide bonds. The van der Waals surface area contributed by atoms with E-state index in [-0.39, 0.29) is 0 Å². The van der Waals surface area contributed by atoms with Crippen LogP contribution in [0.1, 0.15) is 0 Å². The van der Waals surface area contributed by atoms with Crippen LogP contribution in [0.5, 0.6) is 5.75 Å². The lowest BCUT2D eigenvalue weighted by molar-refractivity contribution is -0.275. The zero-order chi connectivity index (χ0) is 18.9. The number of aromatic nitrogens is 2. The first-order valence-electron chi connectivity index (χ1n) is 6.90. The number of primary sulfonamides is 1. The number of sulfonamides is 1. The summed E-state index contributed by atoms with van der Waals surface area (Å²) in [5.74, 6) is -0.893. The first-order valence-corrected chi connectivity index (χ1v) is 9.33. The number of alkyl halides is 3. The third kappa shape index (κ3) is 4.18. The molecule has 1 aromatic carbocycles. The Kier molecular flexibility index (Phi) is 4.69. The van der Waals surface area contributed by atoms with E-state index in [1.54, 1.807) is 24.0 Å². The number of rotatable bonds is 4. The molecular formula is C15H10F3N3O3S2. The number of thiazole rings is 1. The van der Waals surface area contributed by atoms with E-state index in [0.717, 1.165) is 22.6 Å². The van der Waals surface area contributed by atoms with Crippen molar-refractivity contribution in [1.82, 2.24) is 9.97 Å². The molecule has 2 N–H and O–H groups in total. The SMILES string of the molecule is NS(=O)(=O)c1cc(-c2cncc(-c3cncs3)c2)ccc1OC(F)(F)F. The highest BCUT2D eigenvalue weighted by atomic mass is 32.2. The number of nitrogens with two attached hydrogens (primary N) is 1. The molecule has 0 aliphatic rings. The molecule has 0 radical (unpaired) electrons. The molecule has 2 aromatic heterocycles. The quantitative estimate of drug-likeness (QED) is 0.723. The van der Waals surface area contributed by atoms with Gasteiger partial charge in [-0.1, -0.05) is 6.07 Å². The van der Waals surface area contributed by atoms with Gasteiger partial charge in [-0.15, -0.1) is 24.5 Å². The summed E-state index contributed by atoms with van der Waals surface area (Å²) in [5.41, 5.74) is 3.20. The Morgan fingerprint density at radius 2 is 1.73 bits per heavy atom. The molecule has 3 rings (SSSR count). The van der Waals surface area contributed by atoms with Crippen LogP contribution in [0.15, 0.2) is 53.3 Å². The Hall–Kier alpha value is -2.50. The number of halogens is 3. The van der Waals surface area contributed by atoms with Gasteiger partial charge in [0.15, 0.2) is 0 Å². The van der Waals surface area contributed by atoms with Gasteiger partial charge in [-0.3, -0.25) is 9.97 Å². The second-order valence-electron chi connectivity index (χ2n) is 5.08. The van der Waals surface area contributed by atoms with E-state index in [0.29, 0.717) is 11.1 Å². The van der Waals surface area contributed by atoms with Crippen molar-refractivity contribution in [2.75, 3.05) is 0 Å². The Bertz CT molecular complexity index is 1040. The lowest BCUT2D eigenvalue weighted by Crippen LogP contribution is -2.21. The topological polar surface area (TPSA) is 95.2 Å².